The van der Waals surface area contributed by atoms with Gasteiger partial charge in [0.2, 0.25) is 0 Å². The highest BCUT2D eigenvalue weighted by Gasteiger charge is 2.32. The number of hydrogen-bond donors (Lipinski definition) is 1. The van der Waals surface area contributed by atoms with E-state index in [4.69, 9.17) is 0 Å². The minimum Gasteiger partial charge on any atom is -0.715 e. The number of likely N-dealkylation sites (tertiary alicyclic amines) is 2. The number of nitrogens with zero attached hydrogens (tertiary/aromatic N) is 4. The van der Waals surface area contributed by atoms with E-state index in [2.05, 4.69) is 38.2 Å². The first-order valence-corrected chi connectivity index (χ1v) is 13.6. The number of hydrogen-bond acceptors (Lipinski definition) is 5. The molecule has 192 valence electrons. The summed E-state index contributed by atoms with van der Waals surface area (Å²) in [5.41, 5.74) is 4.89. The van der Waals surface area contributed by atoms with Gasteiger partial charge in [-0.05, 0) is 68.1 Å². The van der Waals surface area contributed by atoms with Crippen LogP contribution in [0.5, 0.6) is 0 Å². The fourth-order valence-electron chi connectivity index (χ4n) is 6.02. The highest BCUT2D eigenvalue weighted by molar-refractivity contribution is 6.01. The molecular formula is C30H35N5O2. The van der Waals surface area contributed by atoms with Gasteiger partial charge in [0.15, 0.2) is 0 Å². The fraction of sp³-hybridized carbons (Fsp3) is 0.400. The summed E-state index contributed by atoms with van der Waals surface area (Å²) in [5, 5.41) is 15.8. The molecule has 1 amide bonds. The van der Waals surface area contributed by atoms with Crippen molar-refractivity contribution in [2.24, 2.45) is 0 Å². The molecule has 0 bridgehead atoms. The molecule has 0 aliphatic carbocycles. The summed E-state index contributed by atoms with van der Waals surface area (Å²) in [4.78, 5) is 20.2. The van der Waals surface area contributed by atoms with Crippen molar-refractivity contribution in [3.05, 3.63) is 94.5 Å². The Hall–Kier alpha value is -3.58. The number of benzene rings is 2. The van der Waals surface area contributed by atoms with Gasteiger partial charge in [0.25, 0.3) is 5.91 Å². The molecule has 7 heteroatoms. The first-order valence-electron chi connectivity index (χ1n) is 13.6. The van der Waals surface area contributed by atoms with Gasteiger partial charge in [-0.2, -0.15) is 0 Å². The highest BCUT2D eigenvalue weighted by atomic mass is 16.5. The van der Waals surface area contributed by atoms with Crippen LogP contribution in [0.1, 0.15) is 47.2 Å². The summed E-state index contributed by atoms with van der Waals surface area (Å²) in [6.07, 6.45) is 8.71. The van der Waals surface area contributed by atoms with Crippen molar-refractivity contribution in [2.45, 2.75) is 38.3 Å². The van der Waals surface area contributed by atoms with Gasteiger partial charge in [0.1, 0.15) is 12.2 Å². The zero-order valence-electron chi connectivity index (χ0n) is 21.3. The summed E-state index contributed by atoms with van der Waals surface area (Å²) in [5.74, 6) is 0.733. The van der Waals surface area contributed by atoms with Gasteiger partial charge in [-0.1, -0.05) is 42.5 Å². The summed E-state index contributed by atoms with van der Waals surface area (Å²) < 4.78 is 1.04. The van der Waals surface area contributed by atoms with Crippen LogP contribution in [0.4, 0.5) is 0 Å². The first-order chi connectivity index (χ1) is 18.2. The SMILES string of the molecule is O=C(c1ccc(C2=CNC3=[N+]([O-])CCN(Cc4ccccc4)C3=C2)cc1)N1CCCC1CN1CCCC1. The van der Waals surface area contributed by atoms with Gasteiger partial charge >= 0.3 is 5.84 Å². The van der Waals surface area contributed by atoms with Crippen LogP contribution in [0.15, 0.2) is 72.6 Å². The topological polar surface area (TPSA) is 64.9 Å². The number of carbonyl (C=O) groups excluding carboxylic acids is 1. The molecule has 1 atom stereocenters. The second kappa shape index (κ2) is 10.4. The molecule has 7 nitrogen and oxygen atoms in total. The molecule has 37 heavy (non-hydrogen) atoms. The maximum atomic E-state index is 13.4. The van der Waals surface area contributed by atoms with Gasteiger partial charge in [0, 0.05) is 36.8 Å². The Morgan fingerprint density at radius 3 is 2.54 bits per heavy atom. The van der Waals surface area contributed by atoms with E-state index in [0.29, 0.717) is 25.0 Å². The zero-order valence-corrected chi connectivity index (χ0v) is 21.3. The second-order valence-electron chi connectivity index (χ2n) is 10.5. The molecule has 0 aromatic heterocycles. The van der Waals surface area contributed by atoms with E-state index in [1.807, 2.05) is 48.7 Å². The van der Waals surface area contributed by atoms with Gasteiger partial charge in [-0.15, -0.1) is 0 Å². The van der Waals surface area contributed by atoms with Crippen LogP contribution in [0.25, 0.3) is 5.57 Å². The minimum atomic E-state index is 0.140. The molecule has 0 spiro atoms. The summed E-state index contributed by atoms with van der Waals surface area (Å²) in [6, 6.07) is 18.6. The lowest BCUT2D eigenvalue weighted by Gasteiger charge is -2.34. The third-order valence-corrected chi connectivity index (χ3v) is 8.05. The number of dihydropyridines is 1. The van der Waals surface area contributed by atoms with Crippen LogP contribution >= 0.6 is 0 Å². The quantitative estimate of drug-likeness (QED) is 0.488. The Kier molecular flexibility index (Phi) is 6.70. The Morgan fingerprint density at radius 2 is 1.76 bits per heavy atom. The Bertz CT molecular complexity index is 1230. The van der Waals surface area contributed by atoms with Crippen LogP contribution in [-0.4, -0.2) is 76.5 Å². The van der Waals surface area contributed by atoms with Crippen LogP contribution in [0.2, 0.25) is 0 Å². The number of amides is 1. The summed E-state index contributed by atoms with van der Waals surface area (Å²) in [7, 11) is 0. The van der Waals surface area contributed by atoms with Crippen LogP contribution in [0.3, 0.4) is 0 Å². The van der Waals surface area contributed by atoms with Crippen molar-refractivity contribution in [3.63, 3.8) is 0 Å². The molecule has 1 unspecified atom stereocenters. The van der Waals surface area contributed by atoms with E-state index in [9.17, 15) is 10.0 Å². The van der Waals surface area contributed by atoms with Crippen molar-refractivity contribution in [2.75, 3.05) is 39.3 Å². The molecule has 4 aliphatic heterocycles. The molecule has 2 saturated heterocycles. The third-order valence-electron chi connectivity index (χ3n) is 8.05. The molecule has 4 aliphatic rings. The van der Waals surface area contributed by atoms with Gasteiger partial charge < -0.3 is 19.9 Å². The largest absolute Gasteiger partial charge is 0.715 e. The average molecular weight is 498 g/mol. The number of fused-ring (bicyclic) bond motifs is 1. The van der Waals surface area contributed by atoms with Gasteiger partial charge in [-0.3, -0.25) is 9.53 Å². The van der Waals surface area contributed by atoms with Crippen molar-refractivity contribution in [1.29, 1.82) is 0 Å². The van der Waals surface area contributed by atoms with E-state index >= 15 is 0 Å². The van der Waals surface area contributed by atoms with Crippen molar-refractivity contribution >= 4 is 17.3 Å². The molecule has 6 rings (SSSR count). The minimum absolute atomic E-state index is 0.140. The standard InChI is InChI=1S/C30H35N5O2/c36-30(34-16-6-9-27(34)22-32-14-4-5-15-32)25-12-10-24(11-13-25)26-19-28-29(31-20-26)35(37)18-17-33(28)21-23-7-2-1-3-8-23/h1-3,7-8,10-13,19-20,27,31H,4-6,9,14-18,21-22H2. The Labute approximate surface area is 218 Å². The van der Waals surface area contributed by atoms with Crippen molar-refractivity contribution < 1.29 is 9.53 Å². The van der Waals surface area contributed by atoms with E-state index in [0.717, 1.165) is 72.7 Å². The van der Waals surface area contributed by atoms with E-state index in [1.54, 1.807) is 0 Å². The van der Waals surface area contributed by atoms with Crippen molar-refractivity contribution in [1.82, 2.24) is 20.0 Å². The smallest absolute Gasteiger partial charge is 0.301 e. The predicted molar refractivity (Wildman–Crippen MR) is 146 cm³/mol. The molecule has 1 N–H and O–H groups in total. The van der Waals surface area contributed by atoms with Crippen molar-refractivity contribution in [3.8, 4) is 0 Å². The maximum Gasteiger partial charge on any atom is 0.301 e. The number of nitrogens with one attached hydrogen (secondary N) is 1. The third kappa shape index (κ3) is 5.01. The molecular weight excluding hydrogens is 462 g/mol. The predicted octanol–water partition coefficient (Wildman–Crippen LogP) is 3.64. The molecule has 4 heterocycles. The van der Waals surface area contributed by atoms with E-state index in [1.165, 1.54) is 18.4 Å². The zero-order chi connectivity index (χ0) is 25.2. The lowest BCUT2D eigenvalue weighted by Crippen LogP contribution is -2.46. The van der Waals surface area contributed by atoms with Gasteiger partial charge in [-0.25, -0.2) is 5.32 Å². The molecule has 0 saturated carbocycles. The fourth-order valence-corrected chi connectivity index (χ4v) is 6.02. The number of amidine groups is 1. The number of rotatable bonds is 6. The van der Waals surface area contributed by atoms with Gasteiger partial charge in [0.05, 0.1) is 12.7 Å². The average Bonchev–Trinajstić information content (AvgIpc) is 3.63. The number of allylic oxidation sites excluding steroid dienone is 2. The lowest BCUT2D eigenvalue weighted by molar-refractivity contribution is -0.465. The lowest BCUT2D eigenvalue weighted by atomic mass is 10.0. The number of carbonyl (C=O) groups is 1. The summed E-state index contributed by atoms with van der Waals surface area (Å²) >= 11 is 0. The Balaban J connectivity index is 1.18. The Morgan fingerprint density at radius 1 is 0.973 bits per heavy atom. The van der Waals surface area contributed by atoms with E-state index in [-0.39, 0.29) is 5.91 Å². The first kappa shape index (κ1) is 23.8. The maximum absolute atomic E-state index is 13.4. The van der Waals surface area contributed by atoms with Crippen LogP contribution in [0, 0.1) is 5.21 Å². The molecule has 2 fully saturated rings. The molecule has 0 radical (unpaired) electrons. The normalized spacial score (nSPS) is 22.0. The van der Waals surface area contributed by atoms with Crippen LogP contribution in [-0.2, 0) is 6.54 Å². The second-order valence-corrected chi connectivity index (χ2v) is 10.5. The molecule has 2 aromatic rings. The van der Waals surface area contributed by atoms with E-state index < -0.39 is 0 Å². The highest BCUT2D eigenvalue weighted by Crippen LogP contribution is 2.27. The number of hydroxylamine groups is 1. The molecule has 2 aromatic carbocycles. The summed E-state index contributed by atoms with van der Waals surface area (Å²) in [6.45, 7) is 6.04. The van der Waals surface area contributed by atoms with Crippen LogP contribution < -0.4 is 5.32 Å². The monoisotopic (exact) mass is 497 g/mol.